The minimum absolute atomic E-state index is 0.0122. The molecule has 0 amide bonds. The molecule has 0 aliphatic heterocycles. The molecule has 21 heavy (non-hydrogen) atoms. The van der Waals surface area contributed by atoms with Gasteiger partial charge in [0.1, 0.15) is 5.82 Å². The maximum absolute atomic E-state index is 5.98. The van der Waals surface area contributed by atoms with Crippen LogP contribution in [0, 0.1) is 0 Å². The summed E-state index contributed by atoms with van der Waals surface area (Å²) in [6.45, 7) is 6.38. The summed E-state index contributed by atoms with van der Waals surface area (Å²) in [5, 5.41) is 11.6. The number of rotatable bonds is 2. The third-order valence-corrected chi connectivity index (χ3v) is 3.38. The van der Waals surface area contributed by atoms with E-state index in [1.165, 1.54) is 0 Å². The lowest BCUT2D eigenvalue weighted by molar-refractivity contribution is 0.567. The van der Waals surface area contributed by atoms with Gasteiger partial charge in [0, 0.05) is 22.6 Å². The number of nitrogens with one attached hydrogen (secondary N) is 2. The van der Waals surface area contributed by atoms with Crippen LogP contribution in [0.3, 0.4) is 0 Å². The van der Waals surface area contributed by atoms with Crippen LogP contribution in [-0.2, 0) is 5.41 Å². The first kappa shape index (κ1) is 13.8. The summed E-state index contributed by atoms with van der Waals surface area (Å²) in [5.41, 5.74) is 1.86. The summed E-state index contributed by atoms with van der Waals surface area (Å²) >= 11 is 5.98. The largest absolute Gasteiger partial charge is 0.323 e. The number of nitrogens with zero attached hydrogens (tertiary/aromatic N) is 3. The van der Waals surface area contributed by atoms with Gasteiger partial charge < -0.3 is 5.32 Å². The zero-order valence-corrected chi connectivity index (χ0v) is 12.9. The first-order chi connectivity index (χ1) is 9.93. The van der Waals surface area contributed by atoms with E-state index in [9.17, 15) is 0 Å². The van der Waals surface area contributed by atoms with Crippen LogP contribution >= 0.6 is 11.6 Å². The summed E-state index contributed by atoms with van der Waals surface area (Å²) in [7, 11) is 0. The fraction of sp³-hybridized carbons (Fsp3) is 0.267. The van der Waals surface area contributed by atoms with Gasteiger partial charge in [-0.2, -0.15) is 10.1 Å². The van der Waals surface area contributed by atoms with Crippen LogP contribution in [0.1, 0.15) is 26.5 Å². The molecule has 6 heteroatoms. The summed E-state index contributed by atoms with van der Waals surface area (Å²) < 4.78 is 0. The first-order valence-electron chi connectivity index (χ1n) is 6.69. The SMILES string of the molecule is CC(C)(C)c1cc(Nc2nc(Cl)nc3ccccc23)n[nH]1. The summed E-state index contributed by atoms with van der Waals surface area (Å²) in [6.07, 6.45) is 0. The minimum atomic E-state index is 0.0122. The lowest BCUT2D eigenvalue weighted by Gasteiger charge is -2.14. The quantitative estimate of drug-likeness (QED) is 0.701. The second-order valence-corrected chi connectivity index (χ2v) is 6.24. The Morgan fingerprint density at radius 3 is 2.62 bits per heavy atom. The van der Waals surface area contributed by atoms with Crippen molar-refractivity contribution in [3.05, 3.63) is 41.3 Å². The van der Waals surface area contributed by atoms with Crippen molar-refractivity contribution in [3.63, 3.8) is 0 Å². The van der Waals surface area contributed by atoms with Crippen molar-refractivity contribution in [2.75, 3.05) is 5.32 Å². The van der Waals surface area contributed by atoms with Crippen molar-refractivity contribution in [1.29, 1.82) is 0 Å². The van der Waals surface area contributed by atoms with Gasteiger partial charge in [0.05, 0.1) is 5.52 Å². The number of para-hydroxylation sites is 1. The molecule has 0 spiro atoms. The molecule has 0 aliphatic carbocycles. The maximum atomic E-state index is 5.98. The second kappa shape index (κ2) is 5.00. The standard InChI is InChI=1S/C15H16ClN5/c1-15(2,3)11-8-12(21-20-11)18-13-9-6-4-5-7-10(9)17-14(16)19-13/h4-8H,1-3H3,(H2,17,18,19,20,21). The molecule has 0 fully saturated rings. The van der Waals surface area contributed by atoms with E-state index in [0.29, 0.717) is 11.6 Å². The first-order valence-corrected chi connectivity index (χ1v) is 7.06. The van der Waals surface area contributed by atoms with Crippen LogP contribution in [0.15, 0.2) is 30.3 Å². The van der Waals surface area contributed by atoms with Crippen LogP contribution in [0.25, 0.3) is 10.9 Å². The van der Waals surface area contributed by atoms with Gasteiger partial charge >= 0.3 is 0 Å². The molecule has 0 aliphatic rings. The molecule has 108 valence electrons. The predicted octanol–water partition coefficient (Wildman–Crippen LogP) is 4.05. The summed E-state index contributed by atoms with van der Waals surface area (Å²) in [4.78, 5) is 8.47. The number of aromatic amines is 1. The number of H-pyrrole nitrogens is 1. The molecule has 2 aromatic heterocycles. The highest BCUT2D eigenvalue weighted by molar-refractivity contribution is 6.28. The molecule has 1 aromatic carbocycles. The number of halogens is 1. The highest BCUT2D eigenvalue weighted by Crippen LogP contribution is 2.27. The van der Waals surface area contributed by atoms with Crippen LogP contribution in [0.5, 0.6) is 0 Å². The second-order valence-electron chi connectivity index (χ2n) is 5.90. The number of benzene rings is 1. The molecule has 2 N–H and O–H groups in total. The average Bonchev–Trinajstić information content (AvgIpc) is 2.87. The van der Waals surface area contributed by atoms with Crippen molar-refractivity contribution in [2.45, 2.75) is 26.2 Å². The summed E-state index contributed by atoms with van der Waals surface area (Å²) in [6, 6.07) is 9.69. The fourth-order valence-electron chi connectivity index (χ4n) is 2.03. The zero-order chi connectivity index (χ0) is 15.0. The van der Waals surface area contributed by atoms with E-state index in [1.54, 1.807) is 0 Å². The Morgan fingerprint density at radius 1 is 1.14 bits per heavy atom. The molecule has 3 aromatic rings. The molecule has 0 radical (unpaired) electrons. The Hall–Kier alpha value is -2.14. The van der Waals surface area contributed by atoms with Gasteiger partial charge in [0.2, 0.25) is 5.28 Å². The molecule has 0 bridgehead atoms. The monoisotopic (exact) mass is 301 g/mol. The van der Waals surface area contributed by atoms with Gasteiger partial charge in [-0.05, 0) is 23.7 Å². The van der Waals surface area contributed by atoms with Crippen molar-refractivity contribution >= 4 is 34.1 Å². The number of hydrogen-bond acceptors (Lipinski definition) is 4. The molecule has 0 unspecified atom stereocenters. The van der Waals surface area contributed by atoms with Gasteiger partial charge in [-0.15, -0.1) is 0 Å². The van der Waals surface area contributed by atoms with E-state index in [-0.39, 0.29) is 10.7 Å². The number of hydrogen-bond donors (Lipinski definition) is 2. The predicted molar refractivity (Wildman–Crippen MR) is 85.1 cm³/mol. The van der Waals surface area contributed by atoms with Gasteiger partial charge in [0.25, 0.3) is 0 Å². The smallest absolute Gasteiger partial charge is 0.224 e. The molecular formula is C15H16ClN5. The number of fused-ring (bicyclic) bond motifs is 1. The number of aromatic nitrogens is 4. The Morgan fingerprint density at radius 2 is 1.90 bits per heavy atom. The van der Waals surface area contributed by atoms with Crippen molar-refractivity contribution in [3.8, 4) is 0 Å². The third kappa shape index (κ3) is 2.83. The lowest BCUT2D eigenvalue weighted by atomic mass is 9.92. The van der Waals surface area contributed by atoms with Crippen molar-refractivity contribution in [2.24, 2.45) is 0 Å². The maximum Gasteiger partial charge on any atom is 0.224 e. The molecule has 3 rings (SSSR count). The van der Waals surface area contributed by atoms with Crippen molar-refractivity contribution < 1.29 is 0 Å². The Labute approximate surface area is 127 Å². The van der Waals surface area contributed by atoms with E-state index >= 15 is 0 Å². The van der Waals surface area contributed by atoms with Crippen molar-refractivity contribution in [1.82, 2.24) is 20.2 Å². The lowest BCUT2D eigenvalue weighted by Crippen LogP contribution is -2.11. The van der Waals surface area contributed by atoms with Gasteiger partial charge in [0.15, 0.2) is 5.82 Å². The Kier molecular flexibility index (Phi) is 3.29. The van der Waals surface area contributed by atoms with Crippen LogP contribution in [0.2, 0.25) is 5.28 Å². The van der Waals surface area contributed by atoms with E-state index in [4.69, 9.17) is 11.6 Å². The Balaban J connectivity index is 2.00. The highest BCUT2D eigenvalue weighted by atomic mass is 35.5. The van der Waals surface area contributed by atoms with Gasteiger partial charge in [-0.25, -0.2) is 4.98 Å². The fourth-order valence-corrected chi connectivity index (χ4v) is 2.21. The van der Waals surface area contributed by atoms with Gasteiger partial charge in [-0.3, -0.25) is 5.10 Å². The normalized spacial score (nSPS) is 11.8. The topological polar surface area (TPSA) is 66.5 Å². The Bertz CT molecular complexity index is 788. The van der Waals surface area contributed by atoms with E-state index in [1.807, 2.05) is 30.3 Å². The van der Waals surface area contributed by atoms with Crippen LogP contribution in [0.4, 0.5) is 11.6 Å². The molecule has 0 saturated heterocycles. The number of anilines is 2. The van der Waals surface area contributed by atoms with E-state index in [0.717, 1.165) is 16.6 Å². The van der Waals surface area contributed by atoms with Crippen LogP contribution < -0.4 is 5.32 Å². The molecule has 0 saturated carbocycles. The summed E-state index contributed by atoms with van der Waals surface area (Å²) in [5.74, 6) is 1.36. The zero-order valence-electron chi connectivity index (χ0n) is 12.1. The molecule has 5 nitrogen and oxygen atoms in total. The minimum Gasteiger partial charge on any atom is -0.323 e. The van der Waals surface area contributed by atoms with Gasteiger partial charge in [-0.1, -0.05) is 32.9 Å². The van der Waals surface area contributed by atoms with E-state index in [2.05, 4.69) is 46.3 Å². The highest BCUT2D eigenvalue weighted by Gasteiger charge is 2.17. The molecule has 2 heterocycles. The molecule has 0 atom stereocenters. The van der Waals surface area contributed by atoms with E-state index < -0.39 is 0 Å². The van der Waals surface area contributed by atoms with Crippen LogP contribution in [-0.4, -0.2) is 20.2 Å². The molecular weight excluding hydrogens is 286 g/mol. The third-order valence-electron chi connectivity index (χ3n) is 3.21. The average molecular weight is 302 g/mol.